The van der Waals surface area contributed by atoms with E-state index >= 15 is 0 Å². The first-order valence-electron chi connectivity index (χ1n) is 21.7. The predicted octanol–water partition coefficient (Wildman–Crippen LogP) is 12.0. The Hall–Kier alpha value is -6.43. The van der Waals surface area contributed by atoms with Crippen molar-refractivity contribution in [1.82, 2.24) is 19.5 Å². The lowest BCUT2D eigenvalue weighted by Crippen LogP contribution is -2.05. The van der Waals surface area contributed by atoms with E-state index in [2.05, 4.69) is 0 Å². The van der Waals surface area contributed by atoms with Crippen LogP contribution in [0.5, 0.6) is 0 Å². The second kappa shape index (κ2) is 11.6. The van der Waals surface area contributed by atoms with Gasteiger partial charge in [0.15, 0.2) is 17.5 Å². The van der Waals surface area contributed by atoms with Crippen LogP contribution in [0.25, 0.3) is 93.0 Å². The molecule has 7 aromatic carbocycles. The summed E-state index contributed by atoms with van der Waals surface area (Å²) in [4.78, 5) is 14.9. The molecule has 3 aromatic heterocycles. The van der Waals surface area contributed by atoms with Gasteiger partial charge in [0, 0.05) is 58.8 Å². The molecule has 10 rings (SSSR count). The summed E-state index contributed by atoms with van der Waals surface area (Å²) in [6.07, 6.45) is 0. The number of fused-ring (bicyclic) bond motifs is 6. The maximum Gasteiger partial charge on any atom is 0.166 e. The Balaban J connectivity index is 1.46. The molecular weight excluding hydrogens is 629 g/mol. The molecule has 0 unspecified atom stereocenters. The fourth-order valence-corrected chi connectivity index (χ4v) is 7.49. The van der Waals surface area contributed by atoms with Gasteiger partial charge in [-0.15, -0.1) is 11.3 Å². The topological polar surface area (TPSA) is 43.6 Å². The first kappa shape index (κ1) is 18.9. The number of hydrogen-bond acceptors (Lipinski definition) is 4. The summed E-state index contributed by atoms with van der Waals surface area (Å²) in [6, 6.07) is 23.8. The number of hydrogen-bond donors (Lipinski definition) is 0. The number of benzene rings is 7. The molecule has 0 amide bonds. The van der Waals surface area contributed by atoms with E-state index in [4.69, 9.17) is 27.3 Å². The Bertz CT molecular complexity index is 3430. The van der Waals surface area contributed by atoms with E-state index < -0.39 is 6.04 Å². The van der Waals surface area contributed by atoms with Crippen LogP contribution in [0.15, 0.2) is 170 Å². The van der Waals surface area contributed by atoms with Crippen molar-refractivity contribution < 1.29 is 16.4 Å². The van der Waals surface area contributed by atoms with Crippen molar-refractivity contribution in [2.45, 2.75) is 0 Å². The Morgan fingerprint density at radius 1 is 0.440 bits per heavy atom. The zero-order chi connectivity index (χ0) is 43.5. The lowest BCUT2D eigenvalue weighted by Gasteiger charge is -2.19. The fraction of sp³-hybridized carbons (Fsp3) is 0. The van der Waals surface area contributed by atoms with E-state index in [1.807, 2.05) is 60.7 Å². The monoisotopic (exact) mass is 668 g/mol. The summed E-state index contributed by atoms with van der Waals surface area (Å²) in [5.41, 5.74) is 2.20. The molecule has 234 valence electrons. The van der Waals surface area contributed by atoms with Crippen LogP contribution in [0, 0.1) is 0 Å². The lowest BCUT2D eigenvalue weighted by molar-refractivity contribution is 1.06. The molecule has 10 aromatic rings. The molecule has 50 heavy (non-hydrogen) atoms. The lowest BCUT2D eigenvalue weighted by atomic mass is 9.97. The van der Waals surface area contributed by atoms with Gasteiger partial charge >= 0.3 is 0 Å². The average Bonchev–Trinajstić information content (AvgIpc) is 3.85. The zero-order valence-electron chi connectivity index (χ0n) is 37.9. The van der Waals surface area contributed by atoms with Crippen LogP contribution in [0.2, 0.25) is 0 Å². The molecule has 0 spiro atoms. The van der Waals surface area contributed by atoms with Crippen molar-refractivity contribution in [3.05, 3.63) is 170 Å². The van der Waals surface area contributed by atoms with Gasteiger partial charge in [-0.25, -0.2) is 15.0 Å². The minimum absolute atomic E-state index is 0.00193. The van der Waals surface area contributed by atoms with Crippen molar-refractivity contribution in [3.63, 3.8) is 0 Å². The first-order chi connectivity index (χ1) is 29.8. The van der Waals surface area contributed by atoms with Crippen LogP contribution in [-0.4, -0.2) is 19.5 Å². The maximum atomic E-state index is 9.54. The highest BCUT2D eigenvalue weighted by atomic mass is 32.1. The maximum absolute atomic E-state index is 9.54. The molecule has 0 aliphatic rings. The van der Waals surface area contributed by atoms with E-state index in [1.165, 1.54) is 22.8 Å². The summed E-state index contributed by atoms with van der Waals surface area (Å²) in [5.74, 6) is 0.747. The standard InChI is InChI=1S/C45H28N4S/c1-3-15-29(16-4-1)43-46-44(30-17-5-2-6-18-30)48-45(47-43)37-25-13-22-34(36-24-14-23-35-33-21-9-12-28-40(33)50-42(35)36)41(37)49-38-26-10-7-19-31(38)32-20-8-11-27-39(32)49/h1-28H/i7D,8D,9D,14D,19D,20D,21D,23D,24D,26D,27D,28D. The summed E-state index contributed by atoms with van der Waals surface area (Å²) in [7, 11) is 0. The number of para-hydroxylation sites is 3. The number of aromatic nitrogens is 4. The Morgan fingerprint density at radius 2 is 1.00 bits per heavy atom. The molecule has 0 aliphatic heterocycles. The molecule has 0 bridgehead atoms. The van der Waals surface area contributed by atoms with Crippen molar-refractivity contribution in [2.75, 3.05) is 0 Å². The second-order valence-electron chi connectivity index (χ2n) is 11.5. The van der Waals surface area contributed by atoms with E-state index in [0.29, 0.717) is 27.5 Å². The summed E-state index contributed by atoms with van der Waals surface area (Å²) in [5, 5.41) is 0.252. The van der Waals surface area contributed by atoms with Gasteiger partial charge in [-0.1, -0.05) is 145 Å². The second-order valence-corrected chi connectivity index (χ2v) is 12.5. The van der Waals surface area contributed by atoms with Gasteiger partial charge in [-0.2, -0.15) is 0 Å². The van der Waals surface area contributed by atoms with Crippen molar-refractivity contribution in [3.8, 4) is 51.0 Å². The molecule has 0 aliphatic carbocycles. The quantitative estimate of drug-likeness (QED) is 0.183. The first-order valence-corrected chi connectivity index (χ1v) is 16.5. The van der Waals surface area contributed by atoms with Gasteiger partial charge in [0.2, 0.25) is 0 Å². The smallest absolute Gasteiger partial charge is 0.166 e. The van der Waals surface area contributed by atoms with Gasteiger partial charge in [0.25, 0.3) is 0 Å². The van der Waals surface area contributed by atoms with E-state index in [-0.39, 0.29) is 132 Å². The number of rotatable bonds is 5. The Morgan fingerprint density at radius 3 is 1.66 bits per heavy atom. The van der Waals surface area contributed by atoms with E-state index in [9.17, 15) is 4.11 Å². The highest BCUT2D eigenvalue weighted by Crippen LogP contribution is 2.45. The highest BCUT2D eigenvalue weighted by Gasteiger charge is 2.23. The third-order valence-electron chi connectivity index (χ3n) is 8.58. The van der Waals surface area contributed by atoms with Crippen LogP contribution in [0.1, 0.15) is 16.4 Å². The number of thiophene rings is 1. The number of nitrogens with zero attached hydrogens (tertiary/aromatic N) is 4. The molecular formula is C45H28N4S. The largest absolute Gasteiger partial charge is 0.308 e. The Labute approximate surface area is 309 Å². The van der Waals surface area contributed by atoms with E-state index in [0.717, 1.165) is 11.3 Å². The normalized spacial score (nSPS) is 15.0. The van der Waals surface area contributed by atoms with Gasteiger partial charge in [0.1, 0.15) is 0 Å². The molecule has 0 saturated heterocycles. The Kier molecular flexibility index (Phi) is 4.40. The van der Waals surface area contributed by atoms with Gasteiger partial charge in [0.05, 0.1) is 33.2 Å². The molecule has 4 nitrogen and oxygen atoms in total. The molecule has 0 radical (unpaired) electrons. The van der Waals surface area contributed by atoms with Gasteiger partial charge < -0.3 is 4.57 Å². The molecule has 0 N–H and O–H groups in total. The van der Waals surface area contributed by atoms with Gasteiger partial charge in [-0.3, -0.25) is 0 Å². The van der Waals surface area contributed by atoms with Crippen molar-refractivity contribution >= 4 is 53.3 Å². The predicted molar refractivity (Wildman–Crippen MR) is 209 cm³/mol. The van der Waals surface area contributed by atoms with E-state index in [1.54, 1.807) is 18.2 Å². The summed E-state index contributed by atoms with van der Waals surface area (Å²) >= 11 is 1.05. The van der Waals surface area contributed by atoms with Crippen LogP contribution in [0.3, 0.4) is 0 Å². The van der Waals surface area contributed by atoms with Crippen LogP contribution in [-0.2, 0) is 0 Å². The van der Waals surface area contributed by atoms with Gasteiger partial charge in [-0.05, 0) is 24.2 Å². The van der Waals surface area contributed by atoms with Crippen LogP contribution < -0.4 is 0 Å². The SMILES string of the molecule is [2H]c1cc([2H])c2sc3c(-c4cccc(-c5nc(-c6ccccc6)nc(-c6ccccc6)n5)c4-n4c5c([2H])cc([2H])c([2H])c5c5c([2H])c([2H])cc([2H])c54)c([2H])c([2H])c([2H])c3c2c1[2H]. The zero-order valence-corrected chi connectivity index (χ0v) is 26.8. The van der Waals surface area contributed by atoms with Crippen molar-refractivity contribution in [1.29, 1.82) is 0 Å². The molecule has 0 fully saturated rings. The molecule has 0 saturated carbocycles. The molecule has 3 heterocycles. The molecule has 5 heteroatoms. The fourth-order valence-electron chi connectivity index (χ4n) is 6.39. The minimum Gasteiger partial charge on any atom is -0.308 e. The minimum atomic E-state index is -0.480. The summed E-state index contributed by atoms with van der Waals surface area (Å²) in [6.45, 7) is 0. The van der Waals surface area contributed by atoms with Crippen LogP contribution in [0.4, 0.5) is 0 Å². The highest BCUT2D eigenvalue weighted by molar-refractivity contribution is 7.26. The third kappa shape index (κ3) is 4.55. The third-order valence-corrected chi connectivity index (χ3v) is 9.72. The van der Waals surface area contributed by atoms with Crippen molar-refractivity contribution in [2.24, 2.45) is 0 Å². The summed E-state index contributed by atoms with van der Waals surface area (Å²) < 4.78 is 110. The molecule has 0 atom stereocenters. The van der Waals surface area contributed by atoms with Crippen LogP contribution >= 0.6 is 11.3 Å². The average molecular weight is 669 g/mol.